The van der Waals surface area contributed by atoms with E-state index in [-0.39, 0.29) is 16.6 Å². The van der Waals surface area contributed by atoms with E-state index in [1.54, 1.807) is 4.80 Å². The lowest BCUT2D eigenvalue weighted by atomic mass is 9.72. The van der Waals surface area contributed by atoms with E-state index in [0.717, 1.165) is 23.0 Å². The molecule has 3 aromatic rings. The summed E-state index contributed by atoms with van der Waals surface area (Å²) in [6.07, 6.45) is 1.04. The third-order valence-electron chi connectivity index (χ3n) is 4.54. The molecule has 3 rings (SSSR count). The summed E-state index contributed by atoms with van der Waals surface area (Å²) in [5, 5.41) is 19.7. The van der Waals surface area contributed by atoms with E-state index >= 15 is 0 Å². The highest BCUT2D eigenvalue weighted by atomic mass is 16.3. The van der Waals surface area contributed by atoms with Crippen LogP contribution in [0.3, 0.4) is 0 Å². The van der Waals surface area contributed by atoms with Gasteiger partial charge in [0.25, 0.3) is 0 Å². The summed E-state index contributed by atoms with van der Waals surface area (Å²) < 4.78 is 0. The molecule has 132 valence electrons. The van der Waals surface area contributed by atoms with Crippen molar-refractivity contribution in [2.45, 2.75) is 53.4 Å². The number of hydrogen-bond acceptors (Lipinski definition) is 3. The predicted octanol–water partition coefficient (Wildman–Crippen LogP) is 5.15. The summed E-state index contributed by atoms with van der Waals surface area (Å²) in [6, 6.07) is 11.8. The van der Waals surface area contributed by atoms with E-state index in [1.165, 1.54) is 5.56 Å². The van der Waals surface area contributed by atoms with Crippen molar-refractivity contribution in [1.82, 2.24) is 15.0 Å². The van der Waals surface area contributed by atoms with Gasteiger partial charge in [0.05, 0.1) is 0 Å². The second kappa shape index (κ2) is 5.87. The molecule has 0 atom stereocenters. The molecule has 0 radical (unpaired) electrons. The van der Waals surface area contributed by atoms with Gasteiger partial charge in [0.15, 0.2) is 0 Å². The van der Waals surface area contributed by atoms with E-state index in [1.807, 2.05) is 37.3 Å². The lowest BCUT2D eigenvalue weighted by Gasteiger charge is -2.33. The van der Waals surface area contributed by atoms with Crippen LogP contribution in [-0.2, 0) is 5.41 Å². The lowest BCUT2D eigenvalue weighted by Crippen LogP contribution is -2.25. The van der Waals surface area contributed by atoms with Gasteiger partial charge in [-0.05, 0) is 53.5 Å². The van der Waals surface area contributed by atoms with Gasteiger partial charge in [0, 0.05) is 0 Å². The predicted molar refractivity (Wildman–Crippen MR) is 102 cm³/mol. The first-order chi connectivity index (χ1) is 11.6. The van der Waals surface area contributed by atoms with E-state index in [9.17, 15) is 5.11 Å². The summed E-state index contributed by atoms with van der Waals surface area (Å²) in [7, 11) is 0. The Kier molecular flexibility index (Phi) is 4.10. The van der Waals surface area contributed by atoms with Crippen molar-refractivity contribution in [3.05, 3.63) is 47.5 Å². The highest BCUT2D eigenvalue weighted by Gasteiger charge is 2.29. The van der Waals surface area contributed by atoms with Gasteiger partial charge in [0.2, 0.25) is 0 Å². The molecule has 0 fully saturated rings. The number of aromatic nitrogens is 3. The smallest absolute Gasteiger partial charge is 0.146 e. The second-order valence-corrected chi connectivity index (χ2v) is 8.76. The maximum absolute atomic E-state index is 10.6. The van der Waals surface area contributed by atoms with Crippen LogP contribution in [0.25, 0.3) is 16.7 Å². The SMILES string of the molecule is Cc1cc(C(C)(C)CC(C)(C)C)cc(-n2nc3ccccc3n2)c1O. The molecule has 0 aliphatic carbocycles. The van der Waals surface area contributed by atoms with Crippen LogP contribution in [0.5, 0.6) is 5.75 Å². The summed E-state index contributed by atoms with van der Waals surface area (Å²) in [5.41, 5.74) is 4.50. The van der Waals surface area contributed by atoms with E-state index < -0.39 is 0 Å². The molecule has 1 aromatic heterocycles. The summed E-state index contributed by atoms with van der Waals surface area (Å²) in [4.78, 5) is 1.55. The fourth-order valence-electron chi connectivity index (χ4n) is 3.70. The van der Waals surface area contributed by atoms with Gasteiger partial charge in [-0.1, -0.05) is 52.8 Å². The first-order valence-corrected chi connectivity index (χ1v) is 8.73. The topological polar surface area (TPSA) is 50.9 Å². The van der Waals surface area contributed by atoms with Crippen molar-refractivity contribution in [3.8, 4) is 11.4 Å². The van der Waals surface area contributed by atoms with Crippen molar-refractivity contribution < 1.29 is 5.11 Å². The normalized spacial score (nSPS) is 12.7. The van der Waals surface area contributed by atoms with Crippen molar-refractivity contribution >= 4 is 11.0 Å². The van der Waals surface area contributed by atoms with E-state index in [2.05, 4.69) is 50.9 Å². The summed E-state index contributed by atoms with van der Waals surface area (Å²) >= 11 is 0. The van der Waals surface area contributed by atoms with E-state index in [0.29, 0.717) is 5.69 Å². The number of rotatable bonds is 3. The minimum atomic E-state index is -0.0158. The monoisotopic (exact) mass is 337 g/mol. The van der Waals surface area contributed by atoms with Gasteiger partial charge in [-0.2, -0.15) is 0 Å². The average Bonchev–Trinajstić information content (AvgIpc) is 2.90. The number of benzene rings is 2. The fourth-order valence-corrected chi connectivity index (χ4v) is 3.70. The molecule has 25 heavy (non-hydrogen) atoms. The molecular formula is C21H27N3O. The quantitative estimate of drug-likeness (QED) is 0.719. The number of hydrogen-bond donors (Lipinski definition) is 1. The molecule has 0 bridgehead atoms. The summed E-state index contributed by atoms with van der Waals surface area (Å²) in [5.74, 6) is 0.232. The van der Waals surface area contributed by atoms with Crippen LogP contribution in [0.4, 0.5) is 0 Å². The molecule has 4 nitrogen and oxygen atoms in total. The van der Waals surface area contributed by atoms with Crippen LogP contribution in [0.2, 0.25) is 0 Å². The van der Waals surface area contributed by atoms with Crippen LogP contribution >= 0.6 is 0 Å². The molecule has 1 N–H and O–H groups in total. The third-order valence-corrected chi connectivity index (χ3v) is 4.54. The molecule has 0 amide bonds. The minimum absolute atomic E-state index is 0.0158. The Hall–Kier alpha value is -2.36. The number of phenols is 1. The van der Waals surface area contributed by atoms with Crippen molar-refractivity contribution in [2.75, 3.05) is 0 Å². The van der Waals surface area contributed by atoms with Crippen molar-refractivity contribution in [3.63, 3.8) is 0 Å². The zero-order valence-electron chi connectivity index (χ0n) is 16.0. The standard InChI is InChI=1S/C21H27N3O/c1-14-11-15(21(5,6)13-20(2,3)4)12-18(19(14)25)24-22-16-9-7-8-10-17(16)23-24/h7-12,25H,13H2,1-6H3. The Labute approximate surface area is 149 Å². The largest absolute Gasteiger partial charge is 0.505 e. The third kappa shape index (κ3) is 3.53. The lowest BCUT2D eigenvalue weighted by molar-refractivity contribution is 0.284. The molecule has 0 spiro atoms. The molecule has 0 saturated heterocycles. The number of fused-ring (bicyclic) bond motifs is 1. The van der Waals surface area contributed by atoms with E-state index in [4.69, 9.17) is 0 Å². The fraction of sp³-hybridized carbons (Fsp3) is 0.429. The molecule has 0 aliphatic heterocycles. The first-order valence-electron chi connectivity index (χ1n) is 8.73. The van der Waals surface area contributed by atoms with Gasteiger partial charge >= 0.3 is 0 Å². The number of phenolic OH excluding ortho intramolecular Hbond substituents is 1. The first kappa shape index (κ1) is 17.5. The molecule has 0 aliphatic rings. The van der Waals surface area contributed by atoms with Crippen LogP contribution in [0.15, 0.2) is 36.4 Å². The highest BCUT2D eigenvalue weighted by Crippen LogP contribution is 2.39. The maximum atomic E-state index is 10.6. The molecule has 4 heteroatoms. The second-order valence-electron chi connectivity index (χ2n) is 8.76. The Bertz CT molecular complexity index is 884. The maximum Gasteiger partial charge on any atom is 0.146 e. The van der Waals surface area contributed by atoms with Gasteiger partial charge in [-0.25, -0.2) is 0 Å². The molecule has 0 unspecified atom stereocenters. The molecule has 2 aromatic carbocycles. The Balaban J connectivity index is 2.13. The zero-order valence-corrected chi connectivity index (χ0v) is 16.0. The molecule has 1 heterocycles. The zero-order chi connectivity index (χ0) is 18.4. The van der Waals surface area contributed by atoms with Crippen LogP contribution in [0, 0.1) is 12.3 Å². The molecule has 0 saturated carbocycles. The number of aryl methyl sites for hydroxylation is 1. The Morgan fingerprint density at radius 3 is 2.04 bits per heavy atom. The van der Waals surface area contributed by atoms with Crippen LogP contribution in [0.1, 0.15) is 52.2 Å². The van der Waals surface area contributed by atoms with Crippen molar-refractivity contribution in [2.24, 2.45) is 5.41 Å². The highest BCUT2D eigenvalue weighted by molar-refractivity contribution is 5.73. The van der Waals surface area contributed by atoms with Gasteiger partial charge in [0.1, 0.15) is 22.5 Å². The van der Waals surface area contributed by atoms with Crippen LogP contribution in [-0.4, -0.2) is 20.1 Å². The summed E-state index contributed by atoms with van der Waals surface area (Å²) in [6.45, 7) is 13.2. The van der Waals surface area contributed by atoms with Gasteiger partial charge in [-0.15, -0.1) is 15.0 Å². The van der Waals surface area contributed by atoms with Gasteiger partial charge in [-0.3, -0.25) is 0 Å². The average molecular weight is 337 g/mol. The Morgan fingerprint density at radius 2 is 1.52 bits per heavy atom. The number of nitrogens with zero attached hydrogens (tertiary/aromatic N) is 3. The van der Waals surface area contributed by atoms with Crippen LogP contribution < -0.4 is 0 Å². The molecular weight excluding hydrogens is 310 g/mol. The van der Waals surface area contributed by atoms with Crippen molar-refractivity contribution in [1.29, 1.82) is 0 Å². The Morgan fingerprint density at radius 1 is 0.960 bits per heavy atom. The number of aromatic hydroxyl groups is 1. The minimum Gasteiger partial charge on any atom is -0.505 e. The van der Waals surface area contributed by atoms with Gasteiger partial charge < -0.3 is 5.11 Å².